The van der Waals surface area contributed by atoms with E-state index in [2.05, 4.69) is 4.90 Å². The van der Waals surface area contributed by atoms with Crippen LogP contribution in [0.1, 0.15) is 11.6 Å². The average Bonchev–Trinajstić information content (AvgIpc) is 2.46. The third kappa shape index (κ3) is 3.58. The SMILES string of the molecule is COCCS(=O)(=O)N1CCN(C)C(c2ccccc2)C1. The highest BCUT2D eigenvalue weighted by Crippen LogP contribution is 2.25. The van der Waals surface area contributed by atoms with Crippen molar-refractivity contribution >= 4 is 10.0 Å². The topological polar surface area (TPSA) is 49.9 Å². The maximum Gasteiger partial charge on any atom is 0.216 e. The predicted octanol–water partition coefficient (Wildman–Crippen LogP) is 0.951. The van der Waals surface area contributed by atoms with Crippen LogP contribution in [0.3, 0.4) is 0 Å². The van der Waals surface area contributed by atoms with Crippen LogP contribution in [0.25, 0.3) is 0 Å². The van der Waals surface area contributed by atoms with Crippen LogP contribution >= 0.6 is 0 Å². The molecule has 2 rings (SSSR count). The molecule has 112 valence electrons. The summed E-state index contributed by atoms with van der Waals surface area (Å²) in [5, 5.41) is 0. The molecule has 1 aromatic rings. The first-order valence-electron chi connectivity index (χ1n) is 6.76. The van der Waals surface area contributed by atoms with E-state index >= 15 is 0 Å². The van der Waals surface area contributed by atoms with E-state index in [1.165, 1.54) is 7.11 Å². The molecular weight excluding hydrogens is 276 g/mol. The van der Waals surface area contributed by atoms with Gasteiger partial charge in [0.25, 0.3) is 0 Å². The zero-order chi connectivity index (χ0) is 14.6. The molecule has 0 N–H and O–H groups in total. The molecule has 0 saturated carbocycles. The van der Waals surface area contributed by atoms with Crippen molar-refractivity contribution in [3.63, 3.8) is 0 Å². The molecular formula is C14H22N2O3S. The molecule has 1 heterocycles. The number of methoxy groups -OCH3 is 1. The molecule has 20 heavy (non-hydrogen) atoms. The zero-order valence-electron chi connectivity index (χ0n) is 12.0. The fourth-order valence-electron chi connectivity index (χ4n) is 2.45. The van der Waals surface area contributed by atoms with Gasteiger partial charge in [0.15, 0.2) is 0 Å². The van der Waals surface area contributed by atoms with Crippen LogP contribution in [-0.4, -0.2) is 63.8 Å². The number of rotatable bonds is 5. The van der Waals surface area contributed by atoms with Crippen molar-refractivity contribution < 1.29 is 13.2 Å². The van der Waals surface area contributed by atoms with Gasteiger partial charge < -0.3 is 4.74 Å². The lowest BCUT2D eigenvalue weighted by Gasteiger charge is -2.39. The quantitative estimate of drug-likeness (QED) is 0.812. The van der Waals surface area contributed by atoms with Crippen LogP contribution < -0.4 is 0 Å². The third-order valence-corrected chi connectivity index (χ3v) is 5.53. The van der Waals surface area contributed by atoms with Crippen LogP contribution in [0, 0.1) is 0 Å². The Labute approximate surface area is 121 Å². The van der Waals surface area contributed by atoms with Crippen LogP contribution in [0.5, 0.6) is 0 Å². The first-order valence-corrected chi connectivity index (χ1v) is 8.37. The van der Waals surface area contributed by atoms with Crippen LogP contribution in [0.4, 0.5) is 0 Å². The molecule has 5 nitrogen and oxygen atoms in total. The largest absolute Gasteiger partial charge is 0.384 e. The minimum atomic E-state index is -3.23. The molecule has 0 bridgehead atoms. The molecule has 6 heteroatoms. The highest BCUT2D eigenvalue weighted by molar-refractivity contribution is 7.89. The first kappa shape index (κ1) is 15.4. The summed E-state index contributed by atoms with van der Waals surface area (Å²) in [4.78, 5) is 2.21. The second-order valence-corrected chi connectivity index (χ2v) is 7.16. The minimum Gasteiger partial charge on any atom is -0.384 e. The van der Waals surface area contributed by atoms with Crippen LogP contribution in [0.15, 0.2) is 30.3 Å². The number of nitrogens with zero attached hydrogens (tertiary/aromatic N) is 2. The normalized spacial score (nSPS) is 22.0. The van der Waals surface area contributed by atoms with Crippen LogP contribution in [0.2, 0.25) is 0 Å². The molecule has 0 amide bonds. The Hall–Kier alpha value is -0.950. The van der Waals surface area contributed by atoms with Crippen molar-refractivity contribution in [2.75, 3.05) is 46.2 Å². The Kier molecular flexibility index (Phi) is 5.15. The summed E-state index contributed by atoms with van der Waals surface area (Å²) in [6, 6.07) is 10.2. The lowest BCUT2D eigenvalue weighted by molar-refractivity contribution is 0.147. The number of hydrogen-bond acceptors (Lipinski definition) is 4. The molecule has 1 aromatic carbocycles. The van der Waals surface area contributed by atoms with E-state index in [0.717, 1.165) is 12.1 Å². The van der Waals surface area contributed by atoms with Crippen molar-refractivity contribution in [1.82, 2.24) is 9.21 Å². The molecule has 1 atom stereocenters. The molecule has 0 aromatic heterocycles. The third-order valence-electron chi connectivity index (χ3n) is 3.73. The monoisotopic (exact) mass is 298 g/mol. The maximum atomic E-state index is 12.3. The van der Waals surface area contributed by atoms with E-state index in [9.17, 15) is 8.42 Å². The molecule has 0 aliphatic carbocycles. The van der Waals surface area contributed by atoms with Gasteiger partial charge in [0.05, 0.1) is 12.4 Å². The Morgan fingerprint density at radius 3 is 2.60 bits per heavy atom. The van der Waals surface area contributed by atoms with Gasteiger partial charge in [0, 0.05) is 32.8 Å². The highest BCUT2D eigenvalue weighted by Gasteiger charge is 2.32. The Morgan fingerprint density at radius 1 is 1.25 bits per heavy atom. The number of likely N-dealkylation sites (N-methyl/N-ethyl adjacent to an activating group) is 1. The second-order valence-electron chi connectivity index (χ2n) is 5.07. The van der Waals surface area contributed by atoms with Gasteiger partial charge in [-0.25, -0.2) is 8.42 Å². The first-order chi connectivity index (χ1) is 9.54. The molecule has 1 unspecified atom stereocenters. The van der Waals surface area contributed by atoms with Crippen molar-refractivity contribution in [2.24, 2.45) is 0 Å². The lowest BCUT2D eigenvalue weighted by Crippen LogP contribution is -2.49. The van der Waals surface area contributed by atoms with E-state index in [4.69, 9.17) is 4.74 Å². The van der Waals surface area contributed by atoms with Gasteiger partial charge >= 0.3 is 0 Å². The molecule has 0 radical (unpaired) electrons. The van der Waals surface area contributed by atoms with Gasteiger partial charge in [0.1, 0.15) is 0 Å². The van der Waals surface area contributed by atoms with Gasteiger partial charge in [-0.1, -0.05) is 30.3 Å². The van der Waals surface area contributed by atoms with Crippen molar-refractivity contribution in [2.45, 2.75) is 6.04 Å². The number of benzene rings is 1. The minimum absolute atomic E-state index is 0.0503. The number of piperazine rings is 1. The second kappa shape index (κ2) is 6.67. The maximum absolute atomic E-state index is 12.3. The highest BCUT2D eigenvalue weighted by atomic mass is 32.2. The summed E-state index contributed by atoms with van der Waals surface area (Å²) in [6.45, 7) is 2.04. The molecule has 1 fully saturated rings. The standard InChI is InChI=1S/C14H22N2O3S/c1-15-8-9-16(20(17,18)11-10-19-2)12-14(15)13-6-4-3-5-7-13/h3-7,14H,8-12H2,1-2H3. The smallest absolute Gasteiger partial charge is 0.216 e. The van der Waals surface area contributed by atoms with Crippen molar-refractivity contribution in [3.05, 3.63) is 35.9 Å². The van der Waals surface area contributed by atoms with E-state index in [0.29, 0.717) is 13.1 Å². The van der Waals surface area contributed by atoms with Gasteiger partial charge in [-0.15, -0.1) is 0 Å². The number of sulfonamides is 1. The van der Waals surface area contributed by atoms with E-state index in [1.807, 2.05) is 37.4 Å². The summed E-state index contributed by atoms with van der Waals surface area (Å²) >= 11 is 0. The number of ether oxygens (including phenoxy) is 1. The van der Waals surface area contributed by atoms with Gasteiger partial charge in [0.2, 0.25) is 10.0 Å². The summed E-state index contributed by atoms with van der Waals surface area (Å²) in [6.07, 6.45) is 0. The zero-order valence-corrected chi connectivity index (χ0v) is 12.8. The summed E-state index contributed by atoms with van der Waals surface area (Å²) in [5.41, 5.74) is 1.15. The summed E-state index contributed by atoms with van der Waals surface area (Å²) in [5.74, 6) is 0.0503. The Bertz CT molecular complexity index is 518. The van der Waals surface area contributed by atoms with E-state index in [1.54, 1.807) is 4.31 Å². The summed E-state index contributed by atoms with van der Waals surface area (Å²) < 4.78 is 31.0. The Morgan fingerprint density at radius 2 is 1.95 bits per heavy atom. The van der Waals surface area contributed by atoms with Gasteiger partial charge in [-0.05, 0) is 12.6 Å². The van der Waals surface area contributed by atoms with Gasteiger partial charge in [-0.2, -0.15) is 4.31 Å². The van der Waals surface area contributed by atoms with Crippen LogP contribution in [-0.2, 0) is 14.8 Å². The lowest BCUT2D eigenvalue weighted by atomic mass is 10.0. The molecule has 0 spiro atoms. The Balaban J connectivity index is 2.12. The van der Waals surface area contributed by atoms with Crippen molar-refractivity contribution in [1.29, 1.82) is 0 Å². The van der Waals surface area contributed by atoms with Gasteiger partial charge in [-0.3, -0.25) is 4.90 Å². The summed E-state index contributed by atoms with van der Waals surface area (Å²) in [7, 11) is 0.330. The van der Waals surface area contributed by atoms with Crippen molar-refractivity contribution in [3.8, 4) is 0 Å². The van der Waals surface area contributed by atoms with E-state index in [-0.39, 0.29) is 18.4 Å². The fraction of sp³-hybridized carbons (Fsp3) is 0.571. The van der Waals surface area contributed by atoms with E-state index < -0.39 is 10.0 Å². The predicted molar refractivity (Wildman–Crippen MR) is 79.0 cm³/mol. The molecule has 1 saturated heterocycles. The average molecular weight is 298 g/mol. The molecule has 1 aliphatic rings. The number of hydrogen-bond donors (Lipinski definition) is 0. The fourth-order valence-corrected chi connectivity index (χ4v) is 3.82. The molecule has 1 aliphatic heterocycles.